The summed E-state index contributed by atoms with van der Waals surface area (Å²) in [5, 5.41) is 23.4. The number of aliphatic hydroxyl groups excluding tert-OH is 1. The lowest BCUT2D eigenvalue weighted by Crippen LogP contribution is -2.37. The average Bonchev–Trinajstić information content (AvgIpc) is 2.87. The summed E-state index contributed by atoms with van der Waals surface area (Å²) in [6.45, 7) is 3.45. The van der Waals surface area contributed by atoms with Crippen molar-refractivity contribution in [1.82, 2.24) is 9.47 Å². The highest BCUT2D eigenvalue weighted by Gasteiger charge is 2.16. The van der Waals surface area contributed by atoms with E-state index >= 15 is 0 Å². The van der Waals surface area contributed by atoms with Crippen LogP contribution in [0.3, 0.4) is 0 Å². The lowest BCUT2D eigenvalue weighted by atomic mass is 10.1. The number of piperidine rings is 1. The van der Waals surface area contributed by atoms with Gasteiger partial charge in [0.25, 0.3) is 0 Å². The summed E-state index contributed by atoms with van der Waals surface area (Å²) in [6, 6.07) is 7.97. The molecular weight excluding hydrogens is 278 g/mol. The van der Waals surface area contributed by atoms with Crippen molar-refractivity contribution in [2.75, 3.05) is 19.6 Å². The Morgan fingerprint density at radius 3 is 2.68 bits per heavy atom. The molecule has 1 aliphatic heterocycles. The minimum atomic E-state index is -0.396. The standard InChI is InChI=1S/C17H23N3O2/c21-15(12-19-8-4-1-5-9-19)13-20-11-14(10-18-22)16-6-2-3-7-17(16)20/h2-3,6-7,10-11,15,21-22H,1,4-5,8-9,12-13H2. The molecular formula is C17H23N3O2. The normalized spacial score (nSPS) is 18.2. The van der Waals surface area contributed by atoms with Crippen LogP contribution in [-0.2, 0) is 6.54 Å². The van der Waals surface area contributed by atoms with Crippen LogP contribution in [0, 0.1) is 0 Å². The van der Waals surface area contributed by atoms with Crippen molar-refractivity contribution in [3.8, 4) is 0 Å². The Bertz CT molecular complexity index is 644. The second-order valence-electron chi connectivity index (χ2n) is 6.01. The van der Waals surface area contributed by atoms with Gasteiger partial charge in [0.1, 0.15) is 0 Å². The van der Waals surface area contributed by atoms with Crippen molar-refractivity contribution in [3.63, 3.8) is 0 Å². The van der Waals surface area contributed by atoms with Crippen LogP contribution in [0.15, 0.2) is 35.6 Å². The number of fused-ring (bicyclic) bond motifs is 1. The zero-order valence-electron chi connectivity index (χ0n) is 12.7. The van der Waals surface area contributed by atoms with Gasteiger partial charge in [0.05, 0.1) is 12.3 Å². The third-order valence-electron chi connectivity index (χ3n) is 4.34. The Kier molecular flexibility index (Phi) is 4.75. The van der Waals surface area contributed by atoms with Crippen molar-refractivity contribution in [3.05, 3.63) is 36.0 Å². The van der Waals surface area contributed by atoms with Gasteiger partial charge in [-0.3, -0.25) is 0 Å². The van der Waals surface area contributed by atoms with Crippen LogP contribution in [-0.4, -0.2) is 51.7 Å². The van der Waals surface area contributed by atoms with Crippen LogP contribution in [0.4, 0.5) is 0 Å². The van der Waals surface area contributed by atoms with Gasteiger partial charge in [-0.2, -0.15) is 0 Å². The van der Waals surface area contributed by atoms with Crippen molar-refractivity contribution < 1.29 is 10.3 Å². The van der Waals surface area contributed by atoms with E-state index in [2.05, 4.69) is 10.1 Å². The number of aromatic nitrogens is 1. The largest absolute Gasteiger partial charge is 0.411 e. The summed E-state index contributed by atoms with van der Waals surface area (Å²) in [7, 11) is 0. The van der Waals surface area contributed by atoms with E-state index in [9.17, 15) is 5.11 Å². The first-order valence-corrected chi connectivity index (χ1v) is 7.93. The Labute approximate surface area is 130 Å². The van der Waals surface area contributed by atoms with Crippen molar-refractivity contribution in [2.24, 2.45) is 5.16 Å². The number of hydrogen-bond acceptors (Lipinski definition) is 4. The van der Waals surface area contributed by atoms with Crippen LogP contribution in [0.25, 0.3) is 10.9 Å². The maximum Gasteiger partial charge on any atom is 0.0845 e. The van der Waals surface area contributed by atoms with Gasteiger partial charge in [0.2, 0.25) is 0 Å². The molecule has 2 N–H and O–H groups in total. The van der Waals surface area contributed by atoms with Crippen molar-refractivity contribution >= 4 is 17.1 Å². The maximum atomic E-state index is 10.4. The Morgan fingerprint density at radius 1 is 1.14 bits per heavy atom. The van der Waals surface area contributed by atoms with Crippen LogP contribution >= 0.6 is 0 Å². The first-order chi connectivity index (χ1) is 10.8. The van der Waals surface area contributed by atoms with Gasteiger partial charge < -0.3 is 19.8 Å². The second kappa shape index (κ2) is 6.94. The number of oxime groups is 1. The quantitative estimate of drug-likeness (QED) is 0.506. The molecule has 0 amide bonds. The molecule has 0 saturated carbocycles. The first kappa shape index (κ1) is 15.1. The second-order valence-corrected chi connectivity index (χ2v) is 6.01. The van der Waals surface area contributed by atoms with Gasteiger partial charge in [-0.15, -0.1) is 0 Å². The lowest BCUT2D eigenvalue weighted by Gasteiger charge is -2.28. The number of para-hydroxylation sites is 1. The molecule has 1 aromatic heterocycles. The van der Waals surface area contributed by atoms with Gasteiger partial charge in [-0.1, -0.05) is 29.8 Å². The smallest absolute Gasteiger partial charge is 0.0845 e. The van der Waals surface area contributed by atoms with Gasteiger partial charge >= 0.3 is 0 Å². The molecule has 22 heavy (non-hydrogen) atoms. The third-order valence-corrected chi connectivity index (χ3v) is 4.34. The molecule has 2 heterocycles. The predicted molar refractivity (Wildman–Crippen MR) is 87.6 cm³/mol. The summed E-state index contributed by atoms with van der Waals surface area (Å²) < 4.78 is 2.04. The first-order valence-electron chi connectivity index (χ1n) is 7.93. The molecule has 0 spiro atoms. The van der Waals surface area contributed by atoms with E-state index in [4.69, 9.17) is 5.21 Å². The highest BCUT2D eigenvalue weighted by molar-refractivity contribution is 5.99. The number of rotatable bonds is 5. The van der Waals surface area contributed by atoms with Gasteiger partial charge in [-0.05, 0) is 32.0 Å². The highest BCUT2D eigenvalue weighted by atomic mass is 16.4. The SMILES string of the molecule is ON=Cc1cn(CC(O)CN2CCCCC2)c2ccccc12. The molecule has 5 nitrogen and oxygen atoms in total. The third kappa shape index (κ3) is 3.31. The van der Waals surface area contributed by atoms with Crippen LogP contribution < -0.4 is 0 Å². The Balaban J connectivity index is 1.75. The molecule has 1 aromatic carbocycles. The topological polar surface area (TPSA) is 61.0 Å². The summed E-state index contributed by atoms with van der Waals surface area (Å²) in [5.41, 5.74) is 1.92. The molecule has 2 aromatic rings. The van der Waals surface area contributed by atoms with E-state index in [0.717, 1.165) is 36.1 Å². The van der Waals surface area contributed by atoms with E-state index in [1.54, 1.807) is 0 Å². The fourth-order valence-corrected chi connectivity index (χ4v) is 3.32. The van der Waals surface area contributed by atoms with Crippen LogP contribution in [0.1, 0.15) is 24.8 Å². The number of hydrogen-bond donors (Lipinski definition) is 2. The maximum absolute atomic E-state index is 10.4. The van der Waals surface area contributed by atoms with Crippen molar-refractivity contribution in [1.29, 1.82) is 0 Å². The summed E-state index contributed by atoms with van der Waals surface area (Å²) >= 11 is 0. The van der Waals surface area contributed by atoms with Gasteiger partial charge in [0, 0.05) is 35.8 Å². The molecule has 0 aliphatic carbocycles. The minimum Gasteiger partial charge on any atom is -0.411 e. The Morgan fingerprint density at radius 2 is 1.91 bits per heavy atom. The van der Waals surface area contributed by atoms with Crippen LogP contribution in [0.2, 0.25) is 0 Å². The monoisotopic (exact) mass is 301 g/mol. The summed E-state index contributed by atoms with van der Waals surface area (Å²) in [6.07, 6.45) is 6.75. The summed E-state index contributed by atoms with van der Waals surface area (Å²) in [4.78, 5) is 2.34. The highest BCUT2D eigenvalue weighted by Crippen LogP contribution is 2.20. The molecule has 1 saturated heterocycles. The average molecular weight is 301 g/mol. The predicted octanol–water partition coefficient (Wildman–Crippen LogP) is 2.30. The number of β-amino-alcohol motifs (C(OH)–C–C–N with tert-alkyl or cyclic N) is 1. The molecule has 0 radical (unpaired) electrons. The van der Waals surface area contributed by atoms with Crippen molar-refractivity contribution in [2.45, 2.75) is 31.9 Å². The van der Waals surface area contributed by atoms with E-state index in [-0.39, 0.29) is 0 Å². The Hall–Kier alpha value is -1.85. The number of aliphatic hydroxyl groups is 1. The molecule has 0 bridgehead atoms. The fraction of sp³-hybridized carbons (Fsp3) is 0.471. The number of nitrogens with zero attached hydrogens (tertiary/aromatic N) is 3. The molecule has 5 heteroatoms. The zero-order valence-corrected chi connectivity index (χ0v) is 12.7. The number of benzene rings is 1. The lowest BCUT2D eigenvalue weighted by molar-refractivity contribution is 0.0892. The fourth-order valence-electron chi connectivity index (χ4n) is 3.32. The van der Waals surface area contributed by atoms with Crippen LogP contribution in [0.5, 0.6) is 0 Å². The zero-order chi connectivity index (χ0) is 15.4. The minimum absolute atomic E-state index is 0.396. The van der Waals surface area contributed by atoms with E-state index in [0.29, 0.717) is 6.54 Å². The van der Waals surface area contributed by atoms with E-state index < -0.39 is 6.10 Å². The number of likely N-dealkylation sites (tertiary alicyclic amines) is 1. The molecule has 118 valence electrons. The molecule has 3 rings (SSSR count). The molecule has 1 atom stereocenters. The van der Waals surface area contributed by atoms with E-state index in [1.165, 1.54) is 25.5 Å². The van der Waals surface area contributed by atoms with E-state index in [1.807, 2.05) is 35.0 Å². The summed E-state index contributed by atoms with van der Waals surface area (Å²) in [5.74, 6) is 0. The molecule has 1 unspecified atom stereocenters. The molecule has 1 aliphatic rings. The van der Waals surface area contributed by atoms with Gasteiger partial charge in [-0.25, -0.2) is 0 Å². The molecule has 1 fully saturated rings. The van der Waals surface area contributed by atoms with Gasteiger partial charge in [0.15, 0.2) is 0 Å².